The first kappa shape index (κ1) is 16.4. The van der Waals surface area contributed by atoms with Crippen molar-refractivity contribution in [3.8, 4) is 0 Å². The third kappa shape index (κ3) is 5.57. The van der Waals surface area contributed by atoms with Gasteiger partial charge in [-0.15, -0.1) is 0 Å². The summed E-state index contributed by atoms with van der Waals surface area (Å²) in [4.78, 5) is 18.7. The highest BCUT2D eigenvalue weighted by atomic mass is 16.1. The zero-order chi connectivity index (χ0) is 15.1. The third-order valence-corrected chi connectivity index (χ3v) is 2.96. The summed E-state index contributed by atoms with van der Waals surface area (Å²) in [6, 6.07) is 3.76. The summed E-state index contributed by atoms with van der Waals surface area (Å²) in [5.74, 6) is 0.708. The maximum atomic E-state index is 12.2. The number of carbonyl (C=O) groups is 1. The Morgan fingerprint density at radius 3 is 2.70 bits per heavy atom. The molecule has 1 rings (SSSR count). The molecule has 112 valence electrons. The minimum absolute atomic E-state index is 0.0408. The first-order chi connectivity index (χ1) is 9.42. The Labute approximate surface area is 121 Å². The summed E-state index contributed by atoms with van der Waals surface area (Å²) in [6.45, 7) is 7.68. The fraction of sp³-hybridized carbons (Fsp3) is 0.600. The Balaban J connectivity index is 2.67. The molecule has 0 aliphatic heterocycles. The SMILES string of the molecule is CCNc1cc(C(=O)NC(C)CCN(C)C)cc(C)n1. The molecule has 1 aromatic rings. The van der Waals surface area contributed by atoms with Crippen LogP contribution >= 0.6 is 0 Å². The summed E-state index contributed by atoms with van der Waals surface area (Å²) in [5.41, 5.74) is 1.50. The van der Waals surface area contributed by atoms with Gasteiger partial charge >= 0.3 is 0 Å². The number of nitrogens with one attached hydrogen (secondary N) is 2. The predicted octanol–water partition coefficient (Wildman–Crippen LogP) is 1.89. The number of pyridine rings is 1. The lowest BCUT2D eigenvalue weighted by Gasteiger charge is -2.17. The minimum atomic E-state index is -0.0408. The van der Waals surface area contributed by atoms with Crippen molar-refractivity contribution in [2.24, 2.45) is 0 Å². The number of rotatable bonds is 7. The van der Waals surface area contributed by atoms with E-state index >= 15 is 0 Å². The van der Waals surface area contributed by atoms with Gasteiger partial charge in [0.2, 0.25) is 0 Å². The number of aromatic nitrogens is 1. The highest BCUT2D eigenvalue weighted by molar-refractivity contribution is 5.95. The Hall–Kier alpha value is -1.62. The van der Waals surface area contributed by atoms with Crippen LogP contribution in [0, 0.1) is 6.92 Å². The van der Waals surface area contributed by atoms with E-state index in [1.54, 1.807) is 6.07 Å². The molecular formula is C15H26N4O. The fourth-order valence-electron chi connectivity index (χ4n) is 1.90. The third-order valence-electron chi connectivity index (χ3n) is 2.96. The van der Waals surface area contributed by atoms with Gasteiger partial charge in [0.05, 0.1) is 0 Å². The van der Waals surface area contributed by atoms with Crippen LogP contribution < -0.4 is 10.6 Å². The summed E-state index contributed by atoms with van der Waals surface area (Å²) >= 11 is 0. The van der Waals surface area contributed by atoms with Crippen LogP contribution in [0.3, 0.4) is 0 Å². The summed E-state index contributed by atoms with van der Waals surface area (Å²) in [6.07, 6.45) is 0.933. The molecule has 0 aliphatic rings. The lowest BCUT2D eigenvalue weighted by Crippen LogP contribution is -2.34. The molecule has 0 aliphatic carbocycles. The van der Waals surface area contributed by atoms with Crippen molar-refractivity contribution >= 4 is 11.7 Å². The highest BCUT2D eigenvalue weighted by Crippen LogP contribution is 2.10. The number of hydrogen-bond donors (Lipinski definition) is 2. The highest BCUT2D eigenvalue weighted by Gasteiger charge is 2.11. The standard InChI is InChI=1S/C15H26N4O/c1-6-16-14-10-13(9-12(3)17-14)15(20)18-11(2)7-8-19(4)5/h9-11H,6-8H2,1-5H3,(H,16,17)(H,18,20). The second-order valence-corrected chi connectivity index (χ2v) is 5.38. The Kier molecular flexibility index (Phi) is 6.45. The van der Waals surface area contributed by atoms with Gasteiger partial charge in [-0.3, -0.25) is 4.79 Å². The molecule has 0 bridgehead atoms. The van der Waals surface area contributed by atoms with Crippen molar-refractivity contribution in [3.63, 3.8) is 0 Å². The first-order valence-corrected chi connectivity index (χ1v) is 7.10. The van der Waals surface area contributed by atoms with Crippen LogP contribution in [0.4, 0.5) is 5.82 Å². The molecule has 0 saturated carbocycles. The maximum absolute atomic E-state index is 12.2. The first-order valence-electron chi connectivity index (χ1n) is 7.10. The number of carbonyl (C=O) groups excluding carboxylic acids is 1. The van der Waals surface area contributed by atoms with Crippen LogP contribution in [0.25, 0.3) is 0 Å². The molecule has 2 N–H and O–H groups in total. The fourth-order valence-corrected chi connectivity index (χ4v) is 1.90. The molecule has 1 heterocycles. The molecule has 0 saturated heterocycles. The molecular weight excluding hydrogens is 252 g/mol. The van der Waals surface area contributed by atoms with Crippen molar-refractivity contribution in [2.75, 3.05) is 32.5 Å². The number of anilines is 1. The van der Waals surface area contributed by atoms with Gasteiger partial charge in [0.1, 0.15) is 5.82 Å². The summed E-state index contributed by atoms with van der Waals surface area (Å²) < 4.78 is 0. The van der Waals surface area contributed by atoms with E-state index in [2.05, 4.69) is 20.5 Å². The molecule has 0 aromatic carbocycles. The van der Waals surface area contributed by atoms with Crippen LogP contribution in [0.5, 0.6) is 0 Å². The van der Waals surface area contributed by atoms with Gasteiger partial charge in [-0.2, -0.15) is 0 Å². The quantitative estimate of drug-likeness (QED) is 0.800. The second kappa shape index (κ2) is 7.85. The normalized spacial score (nSPS) is 12.3. The van der Waals surface area contributed by atoms with Gasteiger partial charge < -0.3 is 15.5 Å². The number of amides is 1. The van der Waals surface area contributed by atoms with E-state index in [1.807, 2.05) is 40.9 Å². The number of aryl methyl sites for hydroxylation is 1. The molecule has 5 nitrogen and oxygen atoms in total. The predicted molar refractivity (Wildman–Crippen MR) is 83.2 cm³/mol. The van der Waals surface area contributed by atoms with Crippen molar-refractivity contribution in [1.29, 1.82) is 0 Å². The molecule has 5 heteroatoms. The smallest absolute Gasteiger partial charge is 0.251 e. The molecule has 1 amide bonds. The average Bonchev–Trinajstić information content (AvgIpc) is 2.36. The Morgan fingerprint density at radius 1 is 1.40 bits per heavy atom. The van der Waals surface area contributed by atoms with Crippen LogP contribution in [0.2, 0.25) is 0 Å². The van der Waals surface area contributed by atoms with Gasteiger partial charge in [0.25, 0.3) is 5.91 Å². The maximum Gasteiger partial charge on any atom is 0.251 e. The number of nitrogens with zero attached hydrogens (tertiary/aromatic N) is 2. The van der Waals surface area contributed by atoms with Crippen LogP contribution in [-0.2, 0) is 0 Å². The van der Waals surface area contributed by atoms with Gasteiger partial charge in [0, 0.05) is 23.8 Å². The Bertz CT molecular complexity index is 445. The van der Waals surface area contributed by atoms with Crippen molar-refractivity contribution in [1.82, 2.24) is 15.2 Å². The molecule has 0 fully saturated rings. The van der Waals surface area contributed by atoms with Crippen molar-refractivity contribution < 1.29 is 4.79 Å². The summed E-state index contributed by atoms with van der Waals surface area (Å²) in [7, 11) is 4.06. The Morgan fingerprint density at radius 2 is 2.10 bits per heavy atom. The van der Waals surface area contributed by atoms with Crippen LogP contribution in [-0.4, -0.2) is 49.0 Å². The lowest BCUT2D eigenvalue weighted by molar-refractivity contribution is 0.0936. The molecule has 20 heavy (non-hydrogen) atoms. The van der Waals surface area contributed by atoms with E-state index in [-0.39, 0.29) is 11.9 Å². The monoisotopic (exact) mass is 278 g/mol. The van der Waals surface area contributed by atoms with E-state index in [1.165, 1.54) is 0 Å². The topological polar surface area (TPSA) is 57.3 Å². The minimum Gasteiger partial charge on any atom is -0.370 e. The van der Waals surface area contributed by atoms with Crippen molar-refractivity contribution in [3.05, 3.63) is 23.4 Å². The van der Waals surface area contributed by atoms with Gasteiger partial charge in [-0.25, -0.2) is 4.98 Å². The number of hydrogen-bond acceptors (Lipinski definition) is 4. The largest absolute Gasteiger partial charge is 0.370 e. The van der Waals surface area contributed by atoms with E-state index in [9.17, 15) is 4.79 Å². The molecule has 1 unspecified atom stereocenters. The van der Waals surface area contributed by atoms with E-state index in [0.29, 0.717) is 5.56 Å². The van der Waals surface area contributed by atoms with Crippen LogP contribution in [0.1, 0.15) is 36.3 Å². The van der Waals surface area contributed by atoms with E-state index in [4.69, 9.17) is 0 Å². The second-order valence-electron chi connectivity index (χ2n) is 5.38. The molecule has 0 radical (unpaired) electrons. The molecule has 0 spiro atoms. The van der Waals surface area contributed by atoms with E-state index < -0.39 is 0 Å². The molecule has 1 atom stereocenters. The lowest BCUT2D eigenvalue weighted by atomic mass is 10.1. The summed E-state index contributed by atoms with van der Waals surface area (Å²) in [5, 5.41) is 6.17. The van der Waals surface area contributed by atoms with Gasteiger partial charge in [-0.1, -0.05) is 0 Å². The zero-order valence-electron chi connectivity index (χ0n) is 13.2. The van der Waals surface area contributed by atoms with E-state index in [0.717, 1.165) is 31.0 Å². The van der Waals surface area contributed by atoms with Crippen LogP contribution in [0.15, 0.2) is 12.1 Å². The zero-order valence-corrected chi connectivity index (χ0v) is 13.2. The van der Waals surface area contributed by atoms with Gasteiger partial charge in [0.15, 0.2) is 0 Å². The molecule has 1 aromatic heterocycles. The van der Waals surface area contributed by atoms with Crippen molar-refractivity contribution in [2.45, 2.75) is 33.2 Å². The average molecular weight is 278 g/mol. The van der Waals surface area contributed by atoms with Gasteiger partial charge in [-0.05, 0) is 60.0 Å².